The second kappa shape index (κ2) is 9.71. The lowest BCUT2D eigenvalue weighted by molar-refractivity contribution is -0.0189. The molecule has 6 rings (SSSR count). The molecule has 4 bridgehead atoms. The summed E-state index contributed by atoms with van der Waals surface area (Å²) >= 11 is 0. The maximum atomic E-state index is 10.9. The van der Waals surface area contributed by atoms with Crippen LogP contribution in [0.2, 0.25) is 0 Å². The molecule has 0 heterocycles. The van der Waals surface area contributed by atoms with E-state index in [1.54, 1.807) is 19.2 Å². The highest BCUT2D eigenvalue weighted by Gasteiger charge is 2.52. The monoisotopic (exact) mass is 444 g/mol. The van der Waals surface area contributed by atoms with Crippen molar-refractivity contribution >= 4 is 6.29 Å². The van der Waals surface area contributed by atoms with Crippen LogP contribution < -0.4 is 4.74 Å². The molecule has 4 saturated carbocycles. The van der Waals surface area contributed by atoms with E-state index in [0.29, 0.717) is 18.8 Å². The van der Waals surface area contributed by atoms with E-state index in [-0.39, 0.29) is 12.2 Å². The van der Waals surface area contributed by atoms with Crippen molar-refractivity contribution in [3.05, 3.63) is 64.7 Å². The van der Waals surface area contributed by atoms with Gasteiger partial charge in [0, 0.05) is 29.4 Å². The average molecular weight is 445 g/mol. The molecule has 0 spiro atoms. The predicted octanol–water partition coefficient (Wildman–Crippen LogP) is 5.37. The Kier molecular flexibility index (Phi) is 6.53. The van der Waals surface area contributed by atoms with Crippen molar-refractivity contribution in [2.75, 3.05) is 27.1 Å². The summed E-state index contributed by atoms with van der Waals surface area (Å²) in [6, 6.07) is 13.8. The number of aldehydes is 1. The molecule has 2 aromatic carbocycles. The first-order chi connectivity index (χ1) is 16.2. The Labute approximate surface area is 196 Å². The quantitative estimate of drug-likeness (QED) is 0.238. The van der Waals surface area contributed by atoms with Gasteiger partial charge in [-0.2, -0.15) is 0 Å². The van der Waals surface area contributed by atoms with Crippen LogP contribution >= 0.6 is 0 Å². The third-order valence-electron chi connectivity index (χ3n) is 7.72. The maximum absolute atomic E-state index is 10.9. The van der Waals surface area contributed by atoms with Crippen LogP contribution in [-0.4, -0.2) is 33.4 Å². The van der Waals surface area contributed by atoms with E-state index in [9.17, 15) is 4.79 Å². The number of methoxy groups -OCH3 is 1. The molecule has 2 aromatic rings. The summed E-state index contributed by atoms with van der Waals surface area (Å²) in [6.07, 6.45) is 8.88. The van der Waals surface area contributed by atoms with Crippen LogP contribution in [0.25, 0.3) is 0 Å². The summed E-state index contributed by atoms with van der Waals surface area (Å²) in [5.41, 5.74) is 4.11. The van der Waals surface area contributed by atoms with Crippen molar-refractivity contribution in [3.63, 3.8) is 0 Å². The highest BCUT2D eigenvalue weighted by Crippen LogP contribution is 2.61. The number of hydrogen-bond acceptors (Lipinski definition) is 4. The molecule has 4 nitrogen and oxygen atoms in total. The van der Waals surface area contributed by atoms with E-state index in [4.69, 9.17) is 14.2 Å². The summed E-state index contributed by atoms with van der Waals surface area (Å²) in [5, 5.41) is 0. The Hall–Kier alpha value is -2.61. The first-order valence-corrected chi connectivity index (χ1v) is 12.1. The van der Waals surface area contributed by atoms with Crippen LogP contribution in [0.1, 0.15) is 65.6 Å². The van der Waals surface area contributed by atoms with Crippen LogP contribution in [-0.2, 0) is 14.9 Å². The van der Waals surface area contributed by atoms with Crippen LogP contribution in [0.4, 0.5) is 0 Å². The second-order valence-corrected chi connectivity index (χ2v) is 10.1. The predicted molar refractivity (Wildman–Crippen MR) is 127 cm³/mol. The van der Waals surface area contributed by atoms with Gasteiger partial charge in [-0.3, -0.25) is 4.79 Å². The number of carbonyl (C=O) groups excluding carboxylic acids is 1. The summed E-state index contributed by atoms with van der Waals surface area (Å²) in [5.74, 6) is 10.1. The van der Waals surface area contributed by atoms with E-state index in [2.05, 4.69) is 24.0 Å². The Bertz CT molecular complexity index is 1010. The molecule has 4 fully saturated rings. The van der Waals surface area contributed by atoms with Gasteiger partial charge >= 0.3 is 0 Å². The van der Waals surface area contributed by atoms with E-state index in [0.717, 1.165) is 40.9 Å². The largest absolute Gasteiger partial charge is 0.467 e. The Morgan fingerprint density at radius 3 is 2.18 bits per heavy atom. The first-order valence-electron chi connectivity index (χ1n) is 12.1. The zero-order chi connectivity index (χ0) is 22.7. The molecule has 172 valence electrons. The van der Waals surface area contributed by atoms with E-state index in [1.807, 2.05) is 18.2 Å². The zero-order valence-electron chi connectivity index (χ0n) is 19.3. The molecular formula is C29H32O4. The molecule has 0 unspecified atom stereocenters. The van der Waals surface area contributed by atoms with Crippen molar-refractivity contribution in [1.29, 1.82) is 0 Å². The van der Waals surface area contributed by atoms with Crippen LogP contribution in [0.3, 0.4) is 0 Å². The molecule has 0 amide bonds. The van der Waals surface area contributed by atoms with E-state index < -0.39 is 0 Å². The second-order valence-electron chi connectivity index (χ2n) is 10.1. The van der Waals surface area contributed by atoms with Crippen molar-refractivity contribution < 1.29 is 19.0 Å². The van der Waals surface area contributed by atoms with Gasteiger partial charge in [0.15, 0.2) is 6.79 Å². The molecule has 4 heteroatoms. The summed E-state index contributed by atoms with van der Waals surface area (Å²) < 4.78 is 16.8. The summed E-state index contributed by atoms with van der Waals surface area (Å²) in [4.78, 5) is 10.9. The standard InChI is InChI=1S/C29H32O4/c1-31-10-11-32-20-33-28-9-8-22(5-2-21-3-6-23(19-30)7-4-21)15-27(28)29-16-24-12-25(17-29)14-26(13-24)18-29/h3-4,6-9,15,19,24-26H,10-14,16-18,20H2,1H3. The number of hydrogen-bond donors (Lipinski definition) is 0. The Morgan fingerprint density at radius 2 is 1.55 bits per heavy atom. The van der Waals surface area contributed by atoms with E-state index in [1.165, 1.54) is 44.1 Å². The molecule has 0 aliphatic heterocycles. The highest BCUT2D eigenvalue weighted by atomic mass is 16.7. The van der Waals surface area contributed by atoms with E-state index >= 15 is 0 Å². The minimum atomic E-state index is 0.208. The molecule has 0 saturated heterocycles. The molecule has 0 atom stereocenters. The van der Waals surface area contributed by atoms with Gasteiger partial charge in [-0.15, -0.1) is 0 Å². The van der Waals surface area contributed by atoms with Gasteiger partial charge in [-0.05, 0) is 92.0 Å². The fraction of sp³-hybridized carbons (Fsp3) is 0.483. The molecular weight excluding hydrogens is 412 g/mol. The highest BCUT2D eigenvalue weighted by molar-refractivity contribution is 5.74. The normalized spacial score (nSPS) is 27.1. The van der Waals surface area contributed by atoms with Gasteiger partial charge in [0.25, 0.3) is 0 Å². The van der Waals surface area contributed by atoms with Gasteiger partial charge in [0.05, 0.1) is 13.2 Å². The Balaban J connectivity index is 1.42. The molecule has 33 heavy (non-hydrogen) atoms. The van der Waals surface area contributed by atoms with Crippen molar-refractivity contribution in [3.8, 4) is 17.6 Å². The Morgan fingerprint density at radius 1 is 0.909 bits per heavy atom. The summed E-state index contributed by atoms with van der Waals surface area (Å²) in [7, 11) is 1.67. The third-order valence-corrected chi connectivity index (χ3v) is 7.72. The van der Waals surface area contributed by atoms with Crippen molar-refractivity contribution in [2.24, 2.45) is 17.8 Å². The van der Waals surface area contributed by atoms with Gasteiger partial charge in [0.1, 0.15) is 12.0 Å². The molecule has 4 aliphatic carbocycles. The molecule has 0 radical (unpaired) electrons. The third kappa shape index (κ3) is 4.86. The number of rotatable bonds is 8. The summed E-state index contributed by atoms with van der Waals surface area (Å²) in [6.45, 7) is 1.32. The van der Waals surface area contributed by atoms with Crippen LogP contribution in [0.5, 0.6) is 5.75 Å². The fourth-order valence-electron chi connectivity index (χ4n) is 6.68. The van der Waals surface area contributed by atoms with Crippen LogP contribution in [0.15, 0.2) is 42.5 Å². The molecule has 4 aliphatic rings. The molecule has 0 aromatic heterocycles. The topological polar surface area (TPSA) is 44.8 Å². The van der Waals surface area contributed by atoms with Gasteiger partial charge in [-0.1, -0.05) is 24.0 Å². The lowest BCUT2D eigenvalue weighted by atomic mass is 9.48. The molecule has 0 N–H and O–H groups in total. The minimum absolute atomic E-state index is 0.208. The number of carbonyl (C=O) groups is 1. The lowest BCUT2D eigenvalue weighted by Crippen LogP contribution is -2.48. The zero-order valence-corrected chi connectivity index (χ0v) is 19.3. The number of ether oxygens (including phenoxy) is 3. The van der Waals surface area contributed by atoms with Crippen molar-refractivity contribution in [1.82, 2.24) is 0 Å². The smallest absolute Gasteiger partial charge is 0.189 e. The number of benzene rings is 2. The van der Waals surface area contributed by atoms with Gasteiger partial charge < -0.3 is 14.2 Å². The minimum Gasteiger partial charge on any atom is -0.467 e. The maximum Gasteiger partial charge on any atom is 0.189 e. The van der Waals surface area contributed by atoms with Gasteiger partial charge in [-0.25, -0.2) is 0 Å². The average Bonchev–Trinajstić information content (AvgIpc) is 2.82. The van der Waals surface area contributed by atoms with Gasteiger partial charge in [0.2, 0.25) is 0 Å². The van der Waals surface area contributed by atoms with Crippen LogP contribution in [0, 0.1) is 29.6 Å². The lowest BCUT2D eigenvalue weighted by Gasteiger charge is -2.57. The first kappa shape index (κ1) is 22.2. The van der Waals surface area contributed by atoms with Crippen molar-refractivity contribution in [2.45, 2.75) is 43.9 Å². The fourth-order valence-corrected chi connectivity index (χ4v) is 6.68. The SMILES string of the molecule is COCCOCOc1ccc(C#Cc2ccc(C=O)cc2)cc1C12CC3CC(CC(C3)C1)C2.